The molecule has 3 nitrogen and oxygen atoms in total. The fourth-order valence-corrected chi connectivity index (χ4v) is 2.16. The Morgan fingerprint density at radius 1 is 1.38 bits per heavy atom. The van der Waals surface area contributed by atoms with E-state index < -0.39 is 0 Å². The normalized spacial score (nSPS) is 26.2. The van der Waals surface area contributed by atoms with Gasteiger partial charge in [0.2, 0.25) is 5.91 Å². The zero-order chi connectivity index (χ0) is 9.31. The lowest BCUT2D eigenvalue weighted by atomic mass is 9.91. The van der Waals surface area contributed by atoms with E-state index in [0.717, 1.165) is 31.4 Å². The molecule has 0 aromatic carbocycles. The molecule has 0 bridgehead atoms. The molecular weight excluding hydrogens is 166 g/mol. The molecule has 1 saturated carbocycles. The average molecular weight is 181 g/mol. The van der Waals surface area contributed by atoms with Crippen LogP contribution in [0.1, 0.15) is 39.0 Å². The van der Waals surface area contributed by atoms with Gasteiger partial charge in [0.05, 0.1) is 0 Å². The second-order valence-corrected chi connectivity index (χ2v) is 3.90. The van der Waals surface area contributed by atoms with Gasteiger partial charge in [-0.2, -0.15) is 0 Å². The Hall–Kier alpha value is -0.990. The SMILES string of the molecule is CC1=CC(=O)NC2(CCCCC2)O1. The number of nitrogens with one attached hydrogen (secondary N) is 1. The predicted octanol–water partition coefficient (Wildman–Crippen LogP) is 1.70. The molecule has 1 aliphatic carbocycles. The summed E-state index contributed by atoms with van der Waals surface area (Å²) >= 11 is 0. The van der Waals surface area contributed by atoms with Crippen LogP contribution in [0.15, 0.2) is 11.8 Å². The lowest BCUT2D eigenvalue weighted by Gasteiger charge is -2.40. The molecule has 1 fully saturated rings. The van der Waals surface area contributed by atoms with Crippen LogP contribution in [0.2, 0.25) is 0 Å². The lowest BCUT2D eigenvalue weighted by Crippen LogP contribution is -2.53. The largest absolute Gasteiger partial charge is 0.473 e. The third-order valence-electron chi connectivity index (χ3n) is 2.70. The van der Waals surface area contributed by atoms with E-state index in [2.05, 4.69) is 5.32 Å². The van der Waals surface area contributed by atoms with Crippen molar-refractivity contribution in [2.24, 2.45) is 0 Å². The van der Waals surface area contributed by atoms with Crippen LogP contribution in [0.4, 0.5) is 0 Å². The molecule has 0 unspecified atom stereocenters. The molecule has 1 aliphatic heterocycles. The maximum Gasteiger partial charge on any atom is 0.250 e. The van der Waals surface area contributed by atoms with Gasteiger partial charge in [0.15, 0.2) is 5.72 Å². The summed E-state index contributed by atoms with van der Waals surface area (Å²) in [6, 6.07) is 0. The second kappa shape index (κ2) is 3.05. The first-order valence-corrected chi connectivity index (χ1v) is 4.90. The monoisotopic (exact) mass is 181 g/mol. The summed E-state index contributed by atoms with van der Waals surface area (Å²) in [4.78, 5) is 11.3. The highest BCUT2D eigenvalue weighted by molar-refractivity contribution is 5.89. The van der Waals surface area contributed by atoms with Gasteiger partial charge in [0.1, 0.15) is 5.76 Å². The van der Waals surface area contributed by atoms with Crippen molar-refractivity contribution < 1.29 is 9.53 Å². The van der Waals surface area contributed by atoms with Crippen LogP contribution >= 0.6 is 0 Å². The lowest BCUT2D eigenvalue weighted by molar-refractivity contribution is -0.133. The first kappa shape index (κ1) is 8.60. The van der Waals surface area contributed by atoms with Crippen LogP contribution in [0.25, 0.3) is 0 Å². The summed E-state index contributed by atoms with van der Waals surface area (Å²) in [7, 11) is 0. The Bertz CT molecular complexity index is 252. The number of carbonyl (C=O) groups is 1. The predicted molar refractivity (Wildman–Crippen MR) is 48.8 cm³/mol. The minimum atomic E-state index is -0.367. The fourth-order valence-electron chi connectivity index (χ4n) is 2.16. The quantitative estimate of drug-likeness (QED) is 0.617. The Morgan fingerprint density at radius 3 is 2.69 bits per heavy atom. The Kier molecular flexibility index (Phi) is 2.02. The van der Waals surface area contributed by atoms with Crippen molar-refractivity contribution in [2.45, 2.75) is 44.8 Å². The number of carbonyl (C=O) groups excluding carboxylic acids is 1. The van der Waals surface area contributed by atoms with Crippen molar-refractivity contribution >= 4 is 5.91 Å². The second-order valence-electron chi connectivity index (χ2n) is 3.90. The van der Waals surface area contributed by atoms with Crippen LogP contribution in [0, 0.1) is 0 Å². The molecule has 0 atom stereocenters. The van der Waals surface area contributed by atoms with Crippen LogP contribution < -0.4 is 5.32 Å². The number of hydrogen-bond acceptors (Lipinski definition) is 2. The topological polar surface area (TPSA) is 38.3 Å². The molecule has 0 radical (unpaired) electrons. The third kappa shape index (κ3) is 1.69. The molecule has 0 aromatic heterocycles. The van der Waals surface area contributed by atoms with Gasteiger partial charge in [-0.25, -0.2) is 0 Å². The third-order valence-corrected chi connectivity index (χ3v) is 2.70. The van der Waals surface area contributed by atoms with E-state index in [1.54, 1.807) is 0 Å². The molecule has 0 aromatic rings. The van der Waals surface area contributed by atoms with E-state index in [1.165, 1.54) is 12.5 Å². The van der Waals surface area contributed by atoms with Gasteiger partial charge in [-0.1, -0.05) is 6.42 Å². The molecular formula is C10H15NO2. The molecule has 1 N–H and O–H groups in total. The van der Waals surface area contributed by atoms with Gasteiger partial charge in [0, 0.05) is 18.9 Å². The van der Waals surface area contributed by atoms with Crippen LogP contribution in [-0.4, -0.2) is 11.6 Å². The van der Waals surface area contributed by atoms with Gasteiger partial charge in [-0.3, -0.25) is 4.79 Å². The molecule has 3 heteroatoms. The standard InChI is InChI=1S/C10H15NO2/c1-8-7-9(12)11-10(13-8)5-3-2-4-6-10/h7H,2-6H2,1H3,(H,11,12). The number of ether oxygens (including phenoxy) is 1. The van der Waals surface area contributed by atoms with Crippen molar-refractivity contribution in [3.63, 3.8) is 0 Å². The maximum absolute atomic E-state index is 11.3. The Morgan fingerprint density at radius 2 is 2.08 bits per heavy atom. The van der Waals surface area contributed by atoms with Gasteiger partial charge in [-0.05, 0) is 19.8 Å². The number of allylic oxidation sites excluding steroid dienone is 1. The van der Waals surface area contributed by atoms with E-state index in [0.29, 0.717) is 0 Å². The number of amides is 1. The van der Waals surface area contributed by atoms with Crippen LogP contribution in [0.3, 0.4) is 0 Å². The Balaban J connectivity index is 2.15. The molecule has 0 saturated heterocycles. The average Bonchev–Trinajstić information content (AvgIpc) is 2.02. The fraction of sp³-hybridized carbons (Fsp3) is 0.700. The number of hydrogen-bond donors (Lipinski definition) is 1. The van der Waals surface area contributed by atoms with Gasteiger partial charge in [-0.15, -0.1) is 0 Å². The van der Waals surface area contributed by atoms with Gasteiger partial charge < -0.3 is 10.1 Å². The van der Waals surface area contributed by atoms with E-state index in [1.807, 2.05) is 6.92 Å². The maximum atomic E-state index is 11.3. The van der Waals surface area contributed by atoms with Crippen molar-refractivity contribution in [3.8, 4) is 0 Å². The van der Waals surface area contributed by atoms with E-state index in [9.17, 15) is 4.79 Å². The highest BCUT2D eigenvalue weighted by Gasteiger charge is 2.37. The zero-order valence-corrected chi connectivity index (χ0v) is 7.93. The van der Waals surface area contributed by atoms with Crippen molar-refractivity contribution in [1.82, 2.24) is 5.32 Å². The van der Waals surface area contributed by atoms with E-state index >= 15 is 0 Å². The first-order chi connectivity index (χ1) is 6.20. The van der Waals surface area contributed by atoms with Crippen LogP contribution in [0.5, 0.6) is 0 Å². The van der Waals surface area contributed by atoms with Crippen molar-refractivity contribution in [3.05, 3.63) is 11.8 Å². The van der Waals surface area contributed by atoms with Crippen molar-refractivity contribution in [1.29, 1.82) is 0 Å². The van der Waals surface area contributed by atoms with E-state index in [-0.39, 0.29) is 11.6 Å². The summed E-state index contributed by atoms with van der Waals surface area (Å²) in [5, 5.41) is 2.92. The molecule has 72 valence electrons. The zero-order valence-electron chi connectivity index (χ0n) is 7.93. The molecule has 2 rings (SSSR count). The summed E-state index contributed by atoms with van der Waals surface area (Å²) in [6.45, 7) is 1.84. The molecule has 1 amide bonds. The summed E-state index contributed by atoms with van der Waals surface area (Å²) < 4.78 is 5.71. The van der Waals surface area contributed by atoms with Gasteiger partial charge in [0.25, 0.3) is 0 Å². The molecule has 13 heavy (non-hydrogen) atoms. The molecule has 1 heterocycles. The minimum Gasteiger partial charge on any atom is -0.473 e. The first-order valence-electron chi connectivity index (χ1n) is 4.90. The molecule has 2 aliphatic rings. The highest BCUT2D eigenvalue weighted by atomic mass is 16.5. The summed E-state index contributed by atoms with van der Waals surface area (Å²) in [5.41, 5.74) is -0.367. The summed E-state index contributed by atoms with van der Waals surface area (Å²) in [6.07, 6.45) is 6.96. The Labute approximate surface area is 78.1 Å². The molecule has 1 spiro atoms. The van der Waals surface area contributed by atoms with Gasteiger partial charge >= 0.3 is 0 Å². The number of rotatable bonds is 0. The highest BCUT2D eigenvalue weighted by Crippen LogP contribution is 2.32. The van der Waals surface area contributed by atoms with Crippen molar-refractivity contribution in [2.75, 3.05) is 0 Å². The minimum absolute atomic E-state index is 0.00866. The smallest absolute Gasteiger partial charge is 0.250 e. The summed E-state index contributed by atoms with van der Waals surface area (Å²) in [5.74, 6) is 0.733. The van der Waals surface area contributed by atoms with E-state index in [4.69, 9.17) is 4.74 Å². The van der Waals surface area contributed by atoms with Crippen LogP contribution in [-0.2, 0) is 9.53 Å².